The van der Waals surface area contributed by atoms with Gasteiger partial charge in [0.15, 0.2) is 6.35 Å². The molecule has 0 radical (unpaired) electrons. The average molecular weight is 442 g/mol. The van der Waals surface area contributed by atoms with E-state index in [0.717, 1.165) is 4.90 Å². The number of nitriles is 1. The van der Waals surface area contributed by atoms with Gasteiger partial charge in [-0.15, -0.1) is 0 Å². The fourth-order valence-corrected chi connectivity index (χ4v) is 3.86. The SMILES string of the molecule is CC1=C(N)[C@H](c2ccc(C#N)cc2CCO)N(C(N)O)C(=N)N1c1cccc(C(F)F)c1. The van der Waals surface area contributed by atoms with Gasteiger partial charge in [0.2, 0.25) is 5.96 Å². The third-order valence-corrected chi connectivity index (χ3v) is 5.40. The Morgan fingerprint density at radius 3 is 2.56 bits per heavy atom. The van der Waals surface area contributed by atoms with Crippen LogP contribution in [0.25, 0.3) is 0 Å². The second kappa shape index (κ2) is 9.32. The number of nitrogens with two attached hydrogens (primary N) is 2. The zero-order chi connectivity index (χ0) is 23.6. The number of hydrogen-bond acceptors (Lipinski definition) is 6. The van der Waals surface area contributed by atoms with E-state index in [2.05, 4.69) is 0 Å². The zero-order valence-corrected chi connectivity index (χ0v) is 17.3. The standard InChI is InChI=1S/C22H24F2N6O2/c1-12-18(26)19(17-6-5-13(11-25)9-14(17)7-8-31)30(22(28)32)21(27)29(12)16-4-2-3-15(10-16)20(23)24/h2-6,9-10,19-20,22,27,31-32H,7-8,26,28H2,1H3/t19-,22?/m0/s1. The van der Waals surface area contributed by atoms with E-state index in [1.54, 1.807) is 31.2 Å². The van der Waals surface area contributed by atoms with Crippen LogP contribution in [0.15, 0.2) is 53.9 Å². The van der Waals surface area contributed by atoms with Crippen LogP contribution >= 0.6 is 0 Å². The van der Waals surface area contributed by atoms with Crippen LogP contribution in [0.1, 0.15) is 41.6 Å². The molecular weight excluding hydrogens is 418 g/mol. The molecule has 0 aromatic heterocycles. The molecule has 1 unspecified atom stereocenters. The first-order valence-electron chi connectivity index (χ1n) is 9.80. The number of aliphatic hydroxyl groups excluding tert-OH is 2. The number of guanidine groups is 1. The molecule has 3 rings (SSSR count). The Morgan fingerprint density at radius 2 is 1.97 bits per heavy atom. The van der Waals surface area contributed by atoms with Crippen LogP contribution < -0.4 is 16.4 Å². The molecular formula is C22H24F2N6O2. The first kappa shape index (κ1) is 23.1. The van der Waals surface area contributed by atoms with Crippen molar-refractivity contribution in [3.8, 4) is 6.07 Å². The number of nitrogens with one attached hydrogen (secondary N) is 1. The van der Waals surface area contributed by atoms with Gasteiger partial charge in [-0.2, -0.15) is 5.26 Å². The van der Waals surface area contributed by atoms with Crippen LogP contribution in [-0.2, 0) is 6.42 Å². The number of halogens is 2. The number of alkyl halides is 2. The zero-order valence-electron chi connectivity index (χ0n) is 17.3. The quantitative estimate of drug-likeness (QED) is 0.431. The summed E-state index contributed by atoms with van der Waals surface area (Å²) in [6.07, 6.45) is -4.12. The van der Waals surface area contributed by atoms with E-state index < -0.39 is 18.8 Å². The molecule has 0 amide bonds. The fourth-order valence-electron chi connectivity index (χ4n) is 3.86. The van der Waals surface area contributed by atoms with E-state index in [9.17, 15) is 24.3 Å². The molecule has 0 aliphatic carbocycles. The predicted molar refractivity (Wildman–Crippen MR) is 115 cm³/mol. The average Bonchev–Trinajstić information content (AvgIpc) is 2.76. The minimum Gasteiger partial charge on any atom is -0.399 e. The minimum absolute atomic E-state index is 0.188. The van der Waals surface area contributed by atoms with Gasteiger partial charge in [-0.3, -0.25) is 20.9 Å². The molecule has 1 aliphatic heterocycles. The van der Waals surface area contributed by atoms with Crippen molar-refractivity contribution < 1.29 is 19.0 Å². The van der Waals surface area contributed by atoms with E-state index in [1.807, 2.05) is 6.07 Å². The molecule has 1 heterocycles. The summed E-state index contributed by atoms with van der Waals surface area (Å²) in [5.74, 6) is -0.262. The lowest BCUT2D eigenvalue weighted by Gasteiger charge is -2.46. The van der Waals surface area contributed by atoms with Gasteiger partial charge in [-0.25, -0.2) is 8.78 Å². The van der Waals surface area contributed by atoms with Gasteiger partial charge < -0.3 is 15.9 Å². The van der Waals surface area contributed by atoms with E-state index in [1.165, 1.54) is 23.1 Å². The molecule has 32 heavy (non-hydrogen) atoms. The van der Waals surface area contributed by atoms with E-state index in [4.69, 9.17) is 16.9 Å². The highest BCUT2D eigenvalue weighted by Gasteiger charge is 2.39. The second-order valence-corrected chi connectivity index (χ2v) is 7.32. The molecule has 2 aromatic carbocycles. The van der Waals surface area contributed by atoms with Crippen LogP contribution in [0, 0.1) is 16.7 Å². The monoisotopic (exact) mass is 442 g/mol. The molecule has 2 aromatic rings. The molecule has 0 bridgehead atoms. The molecule has 0 saturated carbocycles. The summed E-state index contributed by atoms with van der Waals surface area (Å²) >= 11 is 0. The summed E-state index contributed by atoms with van der Waals surface area (Å²) in [5, 5.41) is 37.8. The summed E-state index contributed by atoms with van der Waals surface area (Å²) in [4.78, 5) is 2.49. The minimum atomic E-state index is -2.70. The third-order valence-electron chi connectivity index (χ3n) is 5.40. The number of aliphatic hydroxyl groups is 2. The summed E-state index contributed by atoms with van der Waals surface area (Å²) in [7, 11) is 0. The van der Waals surface area contributed by atoms with Crippen molar-refractivity contribution in [2.24, 2.45) is 11.5 Å². The van der Waals surface area contributed by atoms with Crippen LogP contribution in [0.5, 0.6) is 0 Å². The third kappa shape index (κ3) is 4.13. The first-order valence-corrected chi connectivity index (χ1v) is 9.80. The van der Waals surface area contributed by atoms with Crippen molar-refractivity contribution >= 4 is 11.6 Å². The Kier molecular flexibility index (Phi) is 6.74. The maximum atomic E-state index is 13.2. The van der Waals surface area contributed by atoms with Crippen LogP contribution in [0.2, 0.25) is 0 Å². The van der Waals surface area contributed by atoms with Crippen molar-refractivity contribution in [3.63, 3.8) is 0 Å². The Labute approximate surface area is 184 Å². The maximum Gasteiger partial charge on any atom is 0.263 e. The normalized spacial score (nSPS) is 17.7. The van der Waals surface area contributed by atoms with E-state index >= 15 is 0 Å². The van der Waals surface area contributed by atoms with Gasteiger partial charge >= 0.3 is 0 Å². The molecule has 10 heteroatoms. The predicted octanol–water partition coefficient (Wildman–Crippen LogP) is 2.25. The molecule has 168 valence electrons. The van der Waals surface area contributed by atoms with Crippen molar-refractivity contribution in [3.05, 3.63) is 76.1 Å². The summed E-state index contributed by atoms with van der Waals surface area (Å²) in [5.41, 5.74) is 14.5. The Morgan fingerprint density at radius 1 is 1.25 bits per heavy atom. The highest BCUT2D eigenvalue weighted by atomic mass is 19.3. The molecule has 0 spiro atoms. The summed E-state index contributed by atoms with van der Waals surface area (Å²) < 4.78 is 26.5. The highest BCUT2D eigenvalue weighted by molar-refractivity contribution is 5.99. The number of allylic oxidation sites excluding steroid dienone is 1. The lowest BCUT2D eigenvalue weighted by Crippen LogP contribution is -2.58. The van der Waals surface area contributed by atoms with Crippen molar-refractivity contribution in [1.29, 1.82) is 10.7 Å². The number of nitrogens with zero attached hydrogens (tertiary/aromatic N) is 3. The number of rotatable bonds is 6. The summed E-state index contributed by atoms with van der Waals surface area (Å²) in [6, 6.07) is 11.5. The first-order chi connectivity index (χ1) is 15.2. The van der Waals surface area contributed by atoms with Crippen LogP contribution in [-0.4, -0.2) is 34.0 Å². The largest absolute Gasteiger partial charge is 0.399 e. The van der Waals surface area contributed by atoms with E-state index in [0.29, 0.717) is 22.4 Å². The second-order valence-electron chi connectivity index (χ2n) is 7.32. The Hall–Kier alpha value is -3.52. The van der Waals surface area contributed by atoms with Gasteiger partial charge in [0.05, 0.1) is 17.3 Å². The van der Waals surface area contributed by atoms with Gasteiger partial charge in [-0.1, -0.05) is 18.2 Å². The fraction of sp³-hybridized carbons (Fsp3) is 0.273. The van der Waals surface area contributed by atoms with Gasteiger partial charge in [0.25, 0.3) is 6.43 Å². The smallest absolute Gasteiger partial charge is 0.263 e. The molecule has 1 aliphatic rings. The molecule has 0 saturated heterocycles. The Balaban J connectivity index is 2.19. The van der Waals surface area contributed by atoms with Crippen molar-refractivity contribution in [2.75, 3.05) is 11.5 Å². The highest BCUT2D eigenvalue weighted by Crippen LogP contribution is 2.39. The van der Waals surface area contributed by atoms with Crippen molar-refractivity contribution in [2.45, 2.75) is 32.2 Å². The molecule has 7 N–H and O–H groups in total. The van der Waals surface area contributed by atoms with Gasteiger partial charge in [0.1, 0.15) is 6.04 Å². The van der Waals surface area contributed by atoms with Gasteiger partial charge in [-0.05, 0) is 48.7 Å². The number of hydrogen-bond donors (Lipinski definition) is 5. The number of anilines is 1. The lowest BCUT2D eigenvalue weighted by molar-refractivity contribution is 0.0360. The van der Waals surface area contributed by atoms with Crippen LogP contribution in [0.4, 0.5) is 14.5 Å². The molecule has 8 nitrogen and oxygen atoms in total. The summed E-state index contributed by atoms with van der Waals surface area (Å²) in [6.45, 7) is 1.45. The lowest BCUT2D eigenvalue weighted by atomic mass is 9.91. The van der Waals surface area contributed by atoms with Gasteiger partial charge in [0, 0.05) is 23.6 Å². The Bertz CT molecular complexity index is 1100. The molecule has 2 atom stereocenters. The number of benzene rings is 2. The van der Waals surface area contributed by atoms with Crippen molar-refractivity contribution in [1.82, 2.24) is 4.90 Å². The topological polar surface area (TPSA) is 147 Å². The van der Waals surface area contributed by atoms with Crippen LogP contribution in [0.3, 0.4) is 0 Å². The molecule has 0 fully saturated rings. The maximum absolute atomic E-state index is 13.2. The van der Waals surface area contributed by atoms with E-state index in [-0.39, 0.29) is 35.9 Å².